The van der Waals surface area contributed by atoms with Gasteiger partial charge in [-0.15, -0.1) is 11.3 Å². The summed E-state index contributed by atoms with van der Waals surface area (Å²) in [5.41, 5.74) is 7.17. The van der Waals surface area contributed by atoms with Crippen molar-refractivity contribution in [1.29, 1.82) is 0 Å². The molecule has 1 unspecified atom stereocenters. The molecule has 20 heavy (non-hydrogen) atoms. The van der Waals surface area contributed by atoms with Gasteiger partial charge in [-0.2, -0.15) is 0 Å². The summed E-state index contributed by atoms with van der Waals surface area (Å²) in [6.45, 7) is 3.58. The van der Waals surface area contributed by atoms with E-state index in [1.807, 2.05) is 25.1 Å². The zero-order chi connectivity index (χ0) is 14.5. The second kappa shape index (κ2) is 6.49. The fourth-order valence-electron chi connectivity index (χ4n) is 1.81. The Morgan fingerprint density at radius 3 is 2.75 bits per heavy atom. The highest BCUT2D eigenvalue weighted by Crippen LogP contribution is 2.24. The Kier molecular flexibility index (Phi) is 4.70. The molecule has 1 heterocycles. The molecule has 1 aromatic carbocycles. The number of aliphatic carboxylic acids is 1. The Morgan fingerprint density at radius 1 is 1.45 bits per heavy atom. The number of nitrogens with two attached hydrogens (primary N) is 1. The van der Waals surface area contributed by atoms with Crippen molar-refractivity contribution in [2.24, 2.45) is 5.73 Å². The van der Waals surface area contributed by atoms with E-state index in [0.717, 1.165) is 18.2 Å². The summed E-state index contributed by atoms with van der Waals surface area (Å²) in [5, 5.41) is 11.4. The van der Waals surface area contributed by atoms with Crippen LogP contribution in [0.1, 0.15) is 24.2 Å². The number of carboxylic acids is 1. The monoisotopic (exact) mass is 291 g/mol. The molecule has 5 nitrogen and oxygen atoms in total. The first kappa shape index (κ1) is 14.5. The van der Waals surface area contributed by atoms with Crippen LogP contribution in [0, 0.1) is 0 Å². The number of thiazole rings is 1. The Morgan fingerprint density at radius 2 is 2.15 bits per heavy atom. The van der Waals surface area contributed by atoms with Gasteiger partial charge in [0.1, 0.15) is 6.04 Å². The fraction of sp³-hybridized carbons (Fsp3) is 0.286. The van der Waals surface area contributed by atoms with E-state index >= 15 is 0 Å². The molecule has 0 aliphatic rings. The Hall–Kier alpha value is -1.92. The van der Waals surface area contributed by atoms with Gasteiger partial charge >= 0.3 is 5.97 Å². The van der Waals surface area contributed by atoms with Gasteiger partial charge in [0.15, 0.2) is 5.13 Å². The number of benzene rings is 1. The third kappa shape index (κ3) is 3.34. The third-order valence-electron chi connectivity index (χ3n) is 2.96. The maximum atomic E-state index is 10.9. The first-order chi connectivity index (χ1) is 9.61. The largest absolute Gasteiger partial charge is 0.480 e. The highest BCUT2D eigenvalue weighted by Gasteiger charge is 2.19. The maximum absolute atomic E-state index is 10.9. The predicted octanol–water partition coefficient (Wildman–Crippen LogP) is 2.25. The molecule has 6 heteroatoms. The molecule has 2 aromatic rings. The lowest BCUT2D eigenvalue weighted by molar-refractivity contribution is -0.138. The average Bonchev–Trinajstić information content (AvgIpc) is 2.94. The first-order valence-electron chi connectivity index (χ1n) is 6.34. The number of rotatable bonds is 6. The average molecular weight is 291 g/mol. The molecule has 0 aliphatic carbocycles. The van der Waals surface area contributed by atoms with Crippen LogP contribution >= 0.6 is 11.3 Å². The minimum Gasteiger partial charge on any atom is -0.480 e. The summed E-state index contributed by atoms with van der Waals surface area (Å²) >= 11 is 1.42. The summed E-state index contributed by atoms with van der Waals surface area (Å²) in [7, 11) is 0. The smallest absolute Gasteiger partial charge is 0.326 e. The second-order valence-electron chi connectivity index (χ2n) is 4.37. The number of hydrogen-bond acceptors (Lipinski definition) is 5. The van der Waals surface area contributed by atoms with Crippen molar-refractivity contribution in [3.63, 3.8) is 0 Å². The van der Waals surface area contributed by atoms with Gasteiger partial charge in [0.05, 0.1) is 5.69 Å². The van der Waals surface area contributed by atoms with Gasteiger partial charge in [0, 0.05) is 18.5 Å². The summed E-state index contributed by atoms with van der Waals surface area (Å²) in [6.07, 6.45) is 0. The fourth-order valence-corrected chi connectivity index (χ4v) is 2.74. The second-order valence-corrected chi connectivity index (χ2v) is 5.21. The van der Waals surface area contributed by atoms with Crippen molar-refractivity contribution >= 4 is 22.4 Å². The highest BCUT2D eigenvalue weighted by molar-refractivity contribution is 7.13. The van der Waals surface area contributed by atoms with Crippen molar-refractivity contribution in [2.45, 2.75) is 19.5 Å². The topological polar surface area (TPSA) is 79.5 Å². The van der Waals surface area contributed by atoms with Crippen LogP contribution in [0.2, 0.25) is 0 Å². The summed E-state index contributed by atoms with van der Waals surface area (Å²) in [5.74, 6) is -1.06. The SMILES string of the molecule is CCN(Cc1ccccc1)c1nc(C(N)C(=O)O)cs1. The van der Waals surface area contributed by atoms with Gasteiger partial charge in [-0.1, -0.05) is 30.3 Å². The van der Waals surface area contributed by atoms with Crippen LogP contribution in [0.15, 0.2) is 35.7 Å². The zero-order valence-electron chi connectivity index (χ0n) is 11.2. The predicted molar refractivity (Wildman–Crippen MR) is 79.8 cm³/mol. The van der Waals surface area contributed by atoms with Gasteiger partial charge in [-0.25, -0.2) is 4.98 Å². The van der Waals surface area contributed by atoms with Crippen LogP contribution in [-0.2, 0) is 11.3 Å². The molecule has 0 bridgehead atoms. The van der Waals surface area contributed by atoms with Crippen LogP contribution in [0.4, 0.5) is 5.13 Å². The van der Waals surface area contributed by atoms with E-state index in [1.165, 1.54) is 16.9 Å². The first-order valence-corrected chi connectivity index (χ1v) is 7.22. The lowest BCUT2D eigenvalue weighted by atomic mass is 10.2. The van der Waals surface area contributed by atoms with E-state index in [-0.39, 0.29) is 0 Å². The van der Waals surface area contributed by atoms with Crippen LogP contribution in [0.25, 0.3) is 0 Å². The number of hydrogen-bond donors (Lipinski definition) is 2. The van der Waals surface area contributed by atoms with Crippen LogP contribution in [0.3, 0.4) is 0 Å². The molecular weight excluding hydrogens is 274 g/mol. The summed E-state index contributed by atoms with van der Waals surface area (Å²) < 4.78 is 0. The maximum Gasteiger partial charge on any atom is 0.326 e. The standard InChI is InChI=1S/C14H17N3O2S/c1-2-17(8-10-6-4-3-5-7-10)14-16-11(9-20-14)12(15)13(18)19/h3-7,9,12H,2,8,15H2,1H3,(H,18,19). The normalized spacial score (nSPS) is 12.1. The van der Waals surface area contributed by atoms with Gasteiger partial charge in [0.25, 0.3) is 0 Å². The van der Waals surface area contributed by atoms with Crippen molar-refractivity contribution in [2.75, 3.05) is 11.4 Å². The summed E-state index contributed by atoms with van der Waals surface area (Å²) in [4.78, 5) is 17.3. The third-order valence-corrected chi connectivity index (χ3v) is 3.88. The number of aromatic nitrogens is 1. The van der Waals surface area contributed by atoms with Gasteiger partial charge in [0.2, 0.25) is 0 Å². The minimum atomic E-state index is -1.06. The molecule has 3 N–H and O–H groups in total. The molecule has 0 radical (unpaired) electrons. The molecule has 0 aliphatic heterocycles. The zero-order valence-corrected chi connectivity index (χ0v) is 12.0. The quantitative estimate of drug-likeness (QED) is 0.853. The van der Waals surface area contributed by atoms with Gasteiger partial charge in [-0.05, 0) is 12.5 Å². The molecule has 0 spiro atoms. The number of carboxylic acid groups (broad SMARTS) is 1. The van der Waals surface area contributed by atoms with Crippen molar-refractivity contribution in [3.8, 4) is 0 Å². The molecule has 2 rings (SSSR count). The van der Waals surface area contributed by atoms with Crippen molar-refractivity contribution < 1.29 is 9.90 Å². The Labute approximate surface area is 121 Å². The minimum absolute atomic E-state index is 0.406. The molecule has 1 atom stereocenters. The number of anilines is 1. The lowest BCUT2D eigenvalue weighted by Gasteiger charge is -2.19. The van der Waals surface area contributed by atoms with E-state index in [2.05, 4.69) is 22.0 Å². The van der Waals surface area contributed by atoms with Crippen LogP contribution in [0.5, 0.6) is 0 Å². The van der Waals surface area contributed by atoms with Crippen molar-refractivity contribution in [3.05, 3.63) is 47.0 Å². The molecule has 106 valence electrons. The van der Waals surface area contributed by atoms with E-state index in [1.54, 1.807) is 5.38 Å². The lowest BCUT2D eigenvalue weighted by Crippen LogP contribution is -2.23. The Bertz CT molecular complexity index is 571. The van der Waals surface area contributed by atoms with E-state index in [0.29, 0.717) is 5.69 Å². The van der Waals surface area contributed by atoms with Gasteiger partial charge in [-0.3, -0.25) is 4.79 Å². The van der Waals surface area contributed by atoms with Crippen LogP contribution < -0.4 is 10.6 Å². The van der Waals surface area contributed by atoms with Crippen molar-refractivity contribution in [1.82, 2.24) is 4.98 Å². The Balaban J connectivity index is 2.14. The number of carbonyl (C=O) groups is 1. The molecule has 0 saturated carbocycles. The highest BCUT2D eigenvalue weighted by atomic mass is 32.1. The molecule has 0 saturated heterocycles. The van der Waals surface area contributed by atoms with Gasteiger partial charge < -0.3 is 15.7 Å². The number of nitrogens with zero attached hydrogens (tertiary/aromatic N) is 2. The molecule has 1 aromatic heterocycles. The van der Waals surface area contributed by atoms with E-state index < -0.39 is 12.0 Å². The molecular formula is C14H17N3O2S. The van der Waals surface area contributed by atoms with E-state index in [9.17, 15) is 4.79 Å². The molecule has 0 amide bonds. The van der Waals surface area contributed by atoms with Crippen LogP contribution in [-0.4, -0.2) is 22.6 Å². The van der Waals surface area contributed by atoms with E-state index in [4.69, 9.17) is 10.8 Å². The summed E-state index contributed by atoms with van der Waals surface area (Å²) in [6, 6.07) is 9.02. The molecule has 0 fully saturated rings.